The van der Waals surface area contributed by atoms with E-state index < -0.39 is 6.04 Å². The zero-order valence-corrected chi connectivity index (χ0v) is 17.4. The summed E-state index contributed by atoms with van der Waals surface area (Å²) in [7, 11) is 0. The number of rotatable bonds is 6. The highest BCUT2D eigenvalue weighted by Crippen LogP contribution is 2.35. The summed E-state index contributed by atoms with van der Waals surface area (Å²) in [5.41, 5.74) is 2.58. The zero-order valence-electron chi connectivity index (χ0n) is 16.7. The minimum atomic E-state index is -0.564. The third-order valence-corrected chi connectivity index (χ3v) is 5.25. The molecule has 1 aliphatic heterocycles. The Labute approximate surface area is 171 Å². The second-order valence-corrected chi connectivity index (χ2v) is 8.91. The third-order valence-electron chi connectivity index (χ3n) is 5.01. The van der Waals surface area contributed by atoms with Crippen LogP contribution in [0.5, 0.6) is 0 Å². The molecule has 0 aliphatic carbocycles. The van der Waals surface area contributed by atoms with Crippen molar-refractivity contribution < 1.29 is 9.59 Å². The lowest BCUT2D eigenvalue weighted by molar-refractivity contribution is -0.125. The number of nitrogens with one attached hydrogen (secondary N) is 1. The molecule has 4 nitrogen and oxygen atoms in total. The summed E-state index contributed by atoms with van der Waals surface area (Å²) in [5.74, 6) is -0.191. The molecule has 5 heteroatoms. The van der Waals surface area contributed by atoms with Crippen molar-refractivity contribution in [3.63, 3.8) is 0 Å². The number of nitrogens with zero attached hydrogens (tertiary/aromatic N) is 1. The molecule has 2 aromatic carbocycles. The quantitative estimate of drug-likeness (QED) is 0.771. The van der Waals surface area contributed by atoms with Crippen molar-refractivity contribution in [2.75, 3.05) is 13.1 Å². The Morgan fingerprint density at radius 1 is 1.14 bits per heavy atom. The predicted octanol–water partition coefficient (Wildman–Crippen LogP) is 4.63. The van der Waals surface area contributed by atoms with Gasteiger partial charge in [0.15, 0.2) is 0 Å². The first kappa shape index (κ1) is 20.4. The molecule has 0 spiro atoms. The van der Waals surface area contributed by atoms with Crippen LogP contribution in [-0.4, -0.2) is 29.8 Å². The molecule has 1 heterocycles. The average Bonchev–Trinajstić information content (AvgIpc) is 2.92. The van der Waals surface area contributed by atoms with Gasteiger partial charge in [-0.25, -0.2) is 0 Å². The predicted molar refractivity (Wildman–Crippen MR) is 112 cm³/mol. The van der Waals surface area contributed by atoms with Crippen molar-refractivity contribution in [2.24, 2.45) is 5.41 Å². The highest BCUT2D eigenvalue weighted by Gasteiger charge is 2.40. The van der Waals surface area contributed by atoms with Crippen LogP contribution in [0.4, 0.5) is 0 Å². The number of hydrogen-bond donors (Lipinski definition) is 1. The largest absolute Gasteiger partial charge is 0.354 e. The van der Waals surface area contributed by atoms with Crippen LogP contribution in [0.25, 0.3) is 0 Å². The highest BCUT2D eigenvalue weighted by atomic mass is 35.5. The monoisotopic (exact) mass is 398 g/mol. The van der Waals surface area contributed by atoms with Crippen LogP contribution in [0.1, 0.15) is 54.7 Å². The first-order valence-electron chi connectivity index (χ1n) is 9.68. The van der Waals surface area contributed by atoms with Crippen molar-refractivity contribution >= 4 is 23.4 Å². The van der Waals surface area contributed by atoms with Gasteiger partial charge in [0.25, 0.3) is 5.91 Å². The molecule has 1 aliphatic rings. The first-order chi connectivity index (χ1) is 13.3. The van der Waals surface area contributed by atoms with Crippen LogP contribution in [0.3, 0.4) is 0 Å². The van der Waals surface area contributed by atoms with Gasteiger partial charge >= 0.3 is 0 Å². The maximum atomic E-state index is 13.0. The van der Waals surface area contributed by atoms with E-state index in [2.05, 4.69) is 26.1 Å². The highest BCUT2D eigenvalue weighted by molar-refractivity contribution is 6.30. The van der Waals surface area contributed by atoms with E-state index in [1.807, 2.05) is 42.5 Å². The average molecular weight is 399 g/mol. The smallest absolute Gasteiger partial charge is 0.255 e. The molecule has 1 atom stereocenters. The van der Waals surface area contributed by atoms with E-state index in [0.29, 0.717) is 30.1 Å². The van der Waals surface area contributed by atoms with Crippen LogP contribution >= 0.6 is 11.6 Å². The minimum Gasteiger partial charge on any atom is -0.354 e. The Kier molecular flexibility index (Phi) is 6.09. The van der Waals surface area contributed by atoms with E-state index in [1.165, 1.54) is 0 Å². The standard InChI is InChI=1S/C23H27ClN2O2/c1-23(2,3)12-14-26-20(18-9-4-5-10-19(18)22(26)28)21(27)25-13-11-16-7-6-8-17(24)15-16/h4-10,15,20H,11-14H2,1-3H3,(H,25,27). The fraction of sp³-hybridized carbons (Fsp3) is 0.391. The second kappa shape index (κ2) is 8.36. The molecule has 148 valence electrons. The zero-order chi connectivity index (χ0) is 20.3. The van der Waals surface area contributed by atoms with Gasteiger partial charge in [0, 0.05) is 23.7 Å². The van der Waals surface area contributed by atoms with Crippen molar-refractivity contribution in [1.82, 2.24) is 10.2 Å². The van der Waals surface area contributed by atoms with Gasteiger partial charge in [-0.2, -0.15) is 0 Å². The van der Waals surface area contributed by atoms with Crippen molar-refractivity contribution in [3.05, 3.63) is 70.2 Å². The Bertz CT molecular complexity index is 873. The van der Waals surface area contributed by atoms with E-state index in [4.69, 9.17) is 11.6 Å². The van der Waals surface area contributed by atoms with Gasteiger partial charge in [-0.3, -0.25) is 9.59 Å². The SMILES string of the molecule is CC(C)(C)CCN1C(=O)c2ccccc2C1C(=O)NCCc1cccc(Cl)c1. The molecule has 1 N–H and O–H groups in total. The molecular formula is C23H27ClN2O2. The summed E-state index contributed by atoms with van der Waals surface area (Å²) in [6.07, 6.45) is 1.52. The Morgan fingerprint density at radius 3 is 2.61 bits per heavy atom. The molecule has 1 unspecified atom stereocenters. The molecule has 0 fully saturated rings. The maximum absolute atomic E-state index is 13.0. The van der Waals surface area contributed by atoms with Crippen molar-refractivity contribution in [3.8, 4) is 0 Å². The van der Waals surface area contributed by atoms with Gasteiger partial charge in [0.1, 0.15) is 6.04 Å². The van der Waals surface area contributed by atoms with Gasteiger partial charge < -0.3 is 10.2 Å². The Balaban J connectivity index is 1.72. The number of benzene rings is 2. The van der Waals surface area contributed by atoms with Crippen LogP contribution < -0.4 is 5.32 Å². The van der Waals surface area contributed by atoms with E-state index in [9.17, 15) is 9.59 Å². The molecule has 0 radical (unpaired) electrons. The topological polar surface area (TPSA) is 49.4 Å². The molecule has 3 rings (SSSR count). The Hall–Kier alpha value is -2.33. The molecular weight excluding hydrogens is 372 g/mol. The maximum Gasteiger partial charge on any atom is 0.255 e. The lowest BCUT2D eigenvalue weighted by atomic mass is 9.92. The van der Waals surface area contributed by atoms with Gasteiger partial charge in [0.2, 0.25) is 5.91 Å². The lowest BCUT2D eigenvalue weighted by Gasteiger charge is -2.28. The van der Waals surface area contributed by atoms with Crippen LogP contribution in [0.2, 0.25) is 5.02 Å². The molecule has 0 saturated heterocycles. The van der Waals surface area contributed by atoms with Crippen LogP contribution in [0, 0.1) is 5.41 Å². The van der Waals surface area contributed by atoms with E-state index in [0.717, 1.165) is 17.5 Å². The first-order valence-corrected chi connectivity index (χ1v) is 10.1. The summed E-state index contributed by atoms with van der Waals surface area (Å²) in [4.78, 5) is 27.6. The summed E-state index contributed by atoms with van der Waals surface area (Å²) in [6, 6.07) is 14.5. The van der Waals surface area contributed by atoms with Crippen molar-refractivity contribution in [1.29, 1.82) is 0 Å². The van der Waals surface area contributed by atoms with E-state index in [1.54, 1.807) is 11.0 Å². The molecule has 2 aromatic rings. The van der Waals surface area contributed by atoms with Crippen molar-refractivity contribution in [2.45, 2.75) is 39.7 Å². The molecule has 0 saturated carbocycles. The number of amides is 2. The minimum absolute atomic E-state index is 0.0603. The summed E-state index contributed by atoms with van der Waals surface area (Å²) >= 11 is 6.02. The van der Waals surface area contributed by atoms with Crippen LogP contribution in [0.15, 0.2) is 48.5 Å². The number of halogens is 1. The van der Waals surface area contributed by atoms with Gasteiger partial charge in [-0.1, -0.05) is 62.7 Å². The van der Waals surface area contributed by atoms with Gasteiger partial charge in [-0.15, -0.1) is 0 Å². The summed E-state index contributed by atoms with van der Waals surface area (Å²) < 4.78 is 0. The number of carbonyl (C=O) groups excluding carboxylic acids is 2. The molecule has 2 amide bonds. The van der Waals surface area contributed by atoms with Gasteiger partial charge in [-0.05, 0) is 47.6 Å². The Morgan fingerprint density at radius 2 is 1.89 bits per heavy atom. The number of carbonyl (C=O) groups is 2. The van der Waals surface area contributed by atoms with E-state index in [-0.39, 0.29) is 17.2 Å². The number of hydrogen-bond acceptors (Lipinski definition) is 2. The number of fused-ring (bicyclic) bond motifs is 1. The van der Waals surface area contributed by atoms with Crippen LogP contribution in [-0.2, 0) is 11.2 Å². The fourth-order valence-corrected chi connectivity index (χ4v) is 3.67. The summed E-state index contributed by atoms with van der Waals surface area (Å²) in [5, 5.41) is 3.69. The second-order valence-electron chi connectivity index (χ2n) is 8.47. The lowest BCUT2D eigenvalue weighted by Crippen LogP contribution is -2.41. The molecule has 0 aromatic heterocycles. The fourth-order valence-electron chi connectivity index (χ4n) is 3.46. The third kappa shape index (κ3) is 4.74. The normalized spacial score (nSPS) is 16.2. The molecule has 28 heavy (non-hydrogen) atoms. The summed E-state index contributed by atoms with van der Waals surface area (Å²) in [6.45, 7) is 7.48. The van der Waals surface area contributed by atoms with E-state index >= 15 is 0 Å². The van der Waals surface area contributed by atoms with Gasteiger partial charge in [0.05, 0.1) is 0 Å². The molecule has 0 bridgehead atoms.